The summed E-state index contributed by atoms with van der Waals surface area (Å²) in [6, 6.07) is 0. The van der Waals surface area contributed by atoms with Gasteiger partial charge in [0, 0.05) is 19.4 Å². The second kappa shape index (κ2) is 28.4. The molecule has 0 rings (SSSR count). The molecular weight excluding hydrogens is 545 g/mol. The molecule has 0 saturated carbocycles. The van der Waals surface area contributed by atoms with Gasteiger partial charge in [0.15, 0.2) is 0 Å². The van der Waals surface area contributed by atoms with Gasteiger partial charge in [-0.2, -0.15) is 0 Å². The Balaban J connectivity index is 3.72. The van der Waals surface area contributed by atoms with Gasteiger partial charge in [0.25, 0.3) is 0 Å². The van der Waals surface area contributed by atoms with Gasteiger partial charge in [-0.15, -0.1) is 0 Å². The van der Waals surface area contributed by atoms with Crippen molar-refractivity contribution in [3.8, 4) is 0 Å². The molecule has 2 atom stereocenters. The van der Waals surface area contributed by atoms with E-state index < -0.39 is 26.5 Å². The maximum atomic E-state index is 11.9. The Labute approximate surface area is 248 Å². The maximum absolute atomic E-state index is 11.9. The number of hydrogen-bond acceptors (Lipinski definition) is 7. The summed E-state index contributed by atoms with van der Waals surface area (Å²) >= 11 is 0. The molecule has 0 aromatic carbocycles. The molecule has 0 fully saturated rings. The normalized spacial score (nSPS) is 14.1. The Morgan fingerprint density at radius 3 is 2.10 bits per heavy atom. The van der Waals surface area contributed by atoms with Crippen molar-refractivity contribution in [1.82, 2.24) is 5.32 Å². The lowest BCUT2D eigenvalue weighted by molar-refractivity contribution is -0.147. The van der Waals surface area contributed by atoms with Crippen LogP contribution < -0.4 is 5.32 Å². The zero-order valence-electron chi connectivity index (χ0n) is 25.5. The number of phosphoric acid groups is 1. The number of aliphatic hydroxyl groups excluding tert-OH is 1. The third-order valence-electron chi connectivity index (χ3n) is 6.08. The maximum Gasteiger partial charge on any atom is 0.472 e. The van der Waals surface area contributed by atoms with E-state index in [0.717, 1.165) is 64.2 Å². The van der Waals surface area contributed by atoms with E-state index in [-0.39, 0.29) is 32.1 Å². The van der Waals surface area contributed by atoms with Crippen molar-refractivity contribution in [2.24, 2.45) is 0 Å². The molecule has 0 aromatic heterocycles. The van der Waals surface area contributed by atoms with Crippen molar-refractivity contribution in [3.63, 3.8) is 0 Å². The lowest BCUT2D eigenvalue weighted by Crippen LogP contribution is -2.27. The average molecular weight is 602 g/mol. The van der Waals surface area contributed by atoms with E-state index in [1.165, 1.54) is 25.7 Å². The van der Waals surface area contributed by atoms with E-state index >= 15 is 0 Å². The van der Waals surface area contributed by atoms with Crippen LogP contribution in [0.25, 0.3) is 0 Å². The fourth-order valence-electron chi connectivity index (χ4n) is 3.74. The van der Waals surface area contributed by atoms with Crippen molar-refractivity contribution in [2.75, 3.05) is 26.4 Å². The number of carbonyl (C=O) groups excluding carboxylic acids is 2. The summed E-state index contributed by atoms with van der Waals surface area (Å²) in [6.45, 7) is 3.30. The molecule has 3 N–H and O–H groups in total. The summed E-state index contributed by atoms with van der Waals surface area (Å²) in [5.74, 6) is -0.558. The number of aliphatic hydroxyl groups is 1. The molecular formula is C31H56NO8P. The number of allylic oxidation sites excluding steroid dienone is 6. The first kappa shape index (κ1) is 39.2. The smallest absolute Gasteiger partial charge is 0.463 e. The third kappa shape index (κ3) is 29.5. The third-order valence-corrected chi connectivity index (χ3v) is 7.07. The van der Waals surface area contributed by atoms with Gasteiger partial charge in [-0.05, 0) is 44.9 Å². The van der Waals surface area contributed by atoms with Gasteiger partial charge in [0.1, 0.15) is 12.7 Å². The summed E-state index contributed by atoms with van der Waals surface area (Å²) in [7, 11) is -4.40. The van der Waals surface area contributed by atoms with Crippen LogP contribution >= 0.6 is 7.82 Å². The van der Waals surface area contributed by atoms with Gasteiger partial charge < -0.3 is 20.1 Å². The van der Waals surface area contributed by atoms with Crippen LogP contribution in [0.3, 0.4) is 0 Å². The van der Waals surface area contributed by atoms with E-state index in [2.05, 4.69) is 55.6 Å². The first-order valence-corrected chi connectivity index (χ1v) is 17.0. The van der Waals surface area contributed by atoms with Crippen molar-refractivity contribution < 1.29 is 37.9 Å². The fraction of sp³-hybridized carbons (Fsp3) is 0.742. The van der Waals surface area contributed by atoms with Crippen LogP contribution in [0.15, 0.2) is 36.5 Å². The number of rotatable bonds is 28. The molecule has 0 aromatic rings. The molecule has 0 bridgehead atoms. The Hall–Kier alpha value is -1.77. The Morgan fingerprint density at radius 2 is 1.39 bits per heavy atom. The van der Waals surface area contributed by atoms with Gasteiger partial charge in [0.05, 0.1) is 13.2 Å². The van der Waals surface area contributed by atoms with E-state index in [4.69, 9.17) is 13.8 Å². The van der Waals surface area contributed by atoms with Crippen LogP contribution in [-0.2, 0) is 27.9 Å². The number of unbranched alkanes of at least 4 members (excludes halogenated alkanes) is 9. The first-order valence-electron chi connectivity index (χ1n) is 15.5. The second-order valence-corrected chi connectivity index (χ2v) is 11.5. The highest BCUT2D eigenvalue weighted by molar-refractivity contribution is 7.47. The first-order chi connectivity index (χ1) is 19.8. The van der Waals surface area contributed by atoms with Crippen LogP contribution in [-0.4, -0.2) is 54.3 Å². The number of esters is 1. The van der Waals surface area contributed by atoms with E-state index in [1.807, 2.05) is 0 Å². The standard InChI is InChI=1S/C31H56NO8P/c1-3-5-7-9-11-12-13-14-15-16-18-19-21-23-30(34)32-25-26-39-41(36,37)40-28-29(33)27-38-31(35)24-22-20-17-10-8-6-4-2/h5,7,11-12,14-15,29,33H,3-4,6,8-10,13,16-28H2,1-2H3,(H,32,34)(H,36,37)/b7-5-,12-11-,15-14-. The quantitative estimate of drug-likeness (QED) is 0.0375. The van der Waals surface area contributed by atoms with Gasteiger partial charge in [0.2, 0.25) is 5.91 Å². The van der Waals surface area contributed by atoms with Crippen molar-refractivity contribution in [2.45, 2.75) is 123 Å². The van der Waals surface area contributed by atoms with Crippen molar-refractivity contribution >= 4 is 19.7 Å². The van der Waals surface area contributed by atoms with Crippen LogP contribution in [0.4, 0.5) is 0 Å². The average Bonchev–Trinajstić information content (AvgIpc) is 2.95. The zero-order valence-corrected chi connectivity index (χ0v) is 26.4. The van der Waals surface area contributed by atoms with Gasteiger partial charge >= 0.3 is 13.8 Å². The minimum Gasteiger partial charge on any atom is -0.463 e. The summed E-state index contributed by atoms with van der Waals surface area (Å²) in [4.78, 5) is 33.4. The highest BCUT2D eigenvalue weighted by atomic mass is 31.2. The largest absolute Gasteiger partial charge is 0.472 e. The molecule has 0 heterocycles. The molecule has 0 radical (unpaired) electrons. The topological polar surface area (TPSA) is 131 Å². The summed E-state index contributed by atoms with van der Waals surface area (Å²) in [6.07, 6.45) is 26.7. The summed E-state index contributed by atoms with van der Waals surface area (Å²) in [5, 5.41) is 12.5. The van der Waals surface area contributed by atoms with Gasteiger partial charge in [-0.1, -0.05) is 95.2 Å². The predicted molar refractivity (Wildman–Crippen MR) is 164 cm³/mol. The molecule has 0 aliphatic carbocycles. The molecule has 41 heavy (non-hydrogen) atoms. The molecule has 10 heteroatoms. The SMILES string of the molecule is CC/C=C\C/C=C\C/C=C\CCCCCC(=O)NCCOP(=O)(O)OCC(O)COC(=O)CCCCCCCCC. The van der Waals surface area contributed by atoms with Crippen molar-refractivity contribution in [1.29, 1.82) is 0 Å². The monoisotopic (exact) mass is 601 g/mol. The Bertz CT molecular complexity index is 784. The number of carbonyl (C=O) groups is 2. The summed E-state index contributed by atoms with van der Waals surface area (Å²) < 4.78 is 26.5. The van der Waals surface area contributed by atoms with Crippen LogP contribution in [0, 0.1) is 0 Å². The lowest BCUT2D eigenvalue weighted by atomic mass is 10.1. The molecule has 238 valence electrons. The highest BCUT2D eigenvalue weighted by Crippen LogP contribution is 2.42. The summed E-state index contributed by atoms with van der Waals surface area (Å²) in [5.41, 5.74) is 0. The van der Waals surface area contributed by atoms with E-state index in [9.17, 15) is 24.2 Å². The van der Waals surface area contributed by atoms with Gasteiger partial charge in [-0.3, -0.25) is 18.6 Å². The van der Waals surface area contributed by atoms with Crippen LogP contribution in [0.2, 0.25) is 0 Å². The second-order valence-electron chi connectivity index (χ2n) is 10.0. The molecule has 0 aliphatic heterocycles. The lowest BCUT2D eigenvalue weighted by Gasteiger charge is -2.15. The minimum atomic E-state index is -4.40. The van der Waals surface area contributed by atoms with E-state index in [0.29, 0.717) is 6.42 Å². The molecule has 2 unspecified atom stereocenters. The molecule has 9 nitrogen and oxygen atoms in total. The Morgan fingerprint density at radius 1 is 0.780 bits per heavy atom. The molecule has 0 spiro atoms. The highest BCUT2D eigenvalue weighted by Gasteiger charge is 2.23. The fourth-order valence-corrected chi connectivity index (χ4v) is 4.50. The number of ether oxygens (including phenoxy) is 1. The number of hydrogen-bond donors (Lipinski definition) is 3. The van der Waals surface area contributed by atoms with E-state index in [1.54, 1.807) is 0 Å². The molecule has 1 amide bonds. The molecule has 0 saturated heterocycles. The van der Waals surface area contributed by atoms with Crippen LogP contribution in [0.5, 0.6) is 0 Å². The number of phosphoric ester groups is 1. The molecule has 0 aliphatic rings. The van der Waals surface area contributed by atoms with Crippen molar-refractivity contribution in [3.05, 3.63) is 36.5 Å². The predicted octanol–water partition coefficient (Wildman–Crippen LogP) is 7.09. The zero-order chi connectivity index (χ0) is 30.4. The van der Waals surface area contributed by atoms with Crippen LogP contribution in [0.1, 0.15) is 117 Å². The number of nitrogens with one attached hydrogen (secondary N) is 1. The number of amides is 1. The minimum absolute atomic E-state index is 0.0655. The Kier molecular flexibility index (Phi) is 27.1. The van der Waals surface area contributed by atoms with Gasteiger partial charge in [-0.25, -0.2) is 4.57 Å².